The van der Waals surface area contributed by atoms with Crippen molar-refractivity contribution in [1.82, 2.24) is 0 Å². The molecule has 1 saturated carbocycles. The lowest BCUT2D eigenvalue weighted by atomic mass is 9.68. The smallest absolute Gasteiger partial charge is 0.0177 e. The van der Waals surface area contributed by atoms with Gasteiger partial charge in [-0.2, -0.15) is 0 Å². The third-order valence-corrected chi connectivity index (χ3v) is 6.39. The first-order valence-electron chi connectivity index (χ1n) is 7.97. The normalized spacial score (nSPS) is 27.6. The van der Waals surface area contributed by atoms with Gasteiger partial charge in [-0.25, -0.2) is 0 Å². The van der Waals surface area contributed by atoms with Gasteiger partial charge in [-0.05, 0) is 73.5 Å². The van der Waals surface area contributed by atoms with E-state index in [4.69, 9.17) is 0 Å². The lowest BCUT2D eigenvalue weighted by Crippen LogP contribution is -2.33. The van der Waals surface area contributed by atoms with E-state index in [9.17, 15) is 0 Å². The third-order valence-electron chi connectivity index (χ3n) is 5.18. The minimum atomic E-state index is 0.453. The van der Waals surface area contributed by atoms with Crippen molar-refractivity contribution in [2.45, 2.75) is 65.1 Å². The molecule has 0 nitrogen and oxygen atoms in total. The van der Waals surface area contributed by atoms with Gasteiger partial charge in [-0.3, -0.25) is 0 Å². The molecule has 0 bridgehead atoms. The predicted molar refractivity (Wildman–Crippen MR) is 92.6 cm³/mol. The van der Waals surface area contributed by atoms with Gasteiger partial charge in [0.25, 0.3) is 0 Å². The van der Waals surface area contributed by atoms with Gasteiger partial charge >= 0.3 is 0 Å². The minimum Gasteiger partial charge on any atom is -0.0888 e. The largest absolute Gasteiger partial charge is 0.0888 e. The summed E-state index contributed by atoms with van der Waals surface area (Å²) in [5, 5.41) is 0. The van der Waals surface area contributed by atoms with Gasteiger partial charge in [0.15, 0.2) is 0 Å². The maximum Gasteiger partial charge on any atom is 0.0177 e. The van der Waals surface area contributed by atoms with Crippen LogP contribution in [0.3, 0.4) is 0 Å². The quantitative estimate of drug-likeness (QED) is 0.574. The van der Waals surface area contributed by atoms with Crippen LogP contribution in [0.25, 0.3) is 0 Å². The first-order valence-corrected chi connectivity index (χ1v) is 8.89. The standard InChI is InChI=1S/C19H29Br/c1-13-6-7-15(10-14(13)2)11-16-12-17(19(3,4)5)8-9-18(16)20/h6-7,10,16-18H,8-9,11-12H2,1-5H3. The van der Waals surface area contributed by atoms with Gasteiger partial charge < -0.3 is 0 Å². The molecule has 0 heterocycles. The highest BCUT2D eigenvalue weighted by atomic mass is 79.9. The van der Waals surface area contributed by atoms with Crippen molar-refractivity contribution in [3.63, 3.8) is 0 Å². The van der Waals surface area contributed by atoms with Gasteiger partial charge in [0.05, 0.1) is 0 Å². The fourth-order valence-corrected chi connectivity index (χ4v) is 4.13. The van der Waals surface area contributed by atoms with Gasteiger partial charge in [0.2, 0.25) is 0 Å². The molecule has 2 rings (SSSR count). The Kier molecular flexibility index (Phi) is 5.00. The van der Waals surface area contributed by atoms with Crippen LogP contribution in [-0.2, 0) is 6.42 Å². The maximum atomic E-state index is 3.94. The first kappa shape index (κ1) is 16.1. The second kappa shape index (κ2) is 6.22. The zero-order valence-corrected chi connectivity index (χ0v) is 15.3. The number of halogens is 1. The molecule has 0 aromatic heterocycles. The average molecular weight is 337 g/mol. The second-order valence-corrected chi connectivity index (χ2v) is 8.95. The number of aryl methyl sites for hydroxylation is 2. The van der Waals surface area contributed by atoms with E-state index in [-0.39, 0.29) is 0 Å². The van der Waals surface area contributed by atoms with Crippen LogP contribution >= 0.6 is 15.9 Å². The summed E-state index contributed by atoms with van der Waals surface area (Å²) >= 11 is 3.94. The van der Waals surface area contributed by atoms with Crippen molar-refractivity contribution in [2.24, 2.45) is 17.3 Å². The molecule has 1 aromatic carbocycles. The molecule has 1 fully saturated rings. The number of hydrogen-bond acceptors (Lipinski definition) is 0. The summed E-state index contributed by atoms with van der Waals surface area (Å²) in [6, 6.07) is 6.98. The summed E-state index contributed by atoms with van der Waals surface area (Å²) in [4.78, 5) is 0.697. The van der Waals surface area contributed by atoms with E-state index >= 15 is 0 Å². The fraction of sp³-hybridized carbons (Fsp3) is 0.684. The van der Waals surface area contributed by atoms with Crippen LogP contribution in [0.5, 0.6) is 0 Å². The van der Waals surface area contributed by atoms with Crippen molar-refractivity contribution < 1.29 is 0 Å². The molecule has 0 N–H and O–H groups in total. The maximum absolute atomic E-state index is 3.94. The zero-order valence-electron chi connectivity index (χ0n) is 13.7. The Morgan fingerprint density at radius 1 is 1.10 bits per heavy atom. The van der Waals surface area contributed by atoms with Crippen LogP contribution in [-0.4, -0.2) is 4.83 Å². The van der Waals surface area contributed by atoms with Crippen LogP contribution in [0.4, 0.5) is 0 Å². The predicted octanol–water partition coefficient (Wildman–Crippen LogP) is 6.07. The molecule has 0 amide bonds. The lowest BCUT2D eigenvalue weighted by molar-refractivity contribution is 0.146. The molecule has 1 aromatic rings. The monoisotopic (exact) mass is 336 g/mol. The zero-order chi connectivity index (χ0) is 14.9. The summed E-state index contributed by atoms with van der Waals surface area (Å²) in [6.45, 7) is 11.6. The molecule has 3 atom stereocenters. The second-order valence-electron chi connectivity index (χ2n) is 7.77. The molecule has 1 aliphatic carbocycles. The number of hydrogen-bond donors (Lipinski definition) is 0. The van der Waals surface area contributed by atoms with Gasteiger partial charge in [-0.15, -0.1) is 0 Å². The molecule has 0 radical (unpaired) electrons. The molecule has 20 heavy (non-hydrogen) atoms. The molecule has 1 heteroatoms. The van der Waals surface area contributed by atoms with E-state index < -0.39 is 0 Å². The Labute approximate surface area is 133 Å². The van der Waals surface area contributed by atoms with Crippen molar-refractivity contribution in [3.05, 3.63) is 34.9 Å². The van der Waals surface area contributed by atoms with Crippen LogP contribution in [0.1, 0.15) is 56.7 Å². The van der Waals surface area contributed by atoms with E-state index in [1.165, 1.54) is 42.4 Å². The molecular formula is C19H29Br. The SMILES string of the molecule is Cc1ccc(CC2CC(C(C)(C)C)CCC2Br)cc1C. The molecular weight excluding hydrogens is 308 g/mol. The number of rotatable bonds is 2. The van der Waals surface area contributed by atoms with Gasteiger partial charge in [0.1, 0.15) is 0 Å². The number of benzene rings is 1. The summed E-state index contributed by atoms with van der Waals surface area (Å²) in [5.41, 5.74) is 4.79. The van der Waals surface area contributed by atoms with Crippen LogP contribution in [0.15, 0.2) is 18.2 Å². The highest BCUT2D eigenvalue weighted by Crippen LogP contribution is 2.43. The van der Waals surface area contributed by atoms with Gasteiger partial charge in [-0.1, -0.05) is 54.9 Å². The summed E-state index contributed by atoms with van der Waals surface area (Å²) in [6.07, 6.45) is 5.30. The van der Waals surface area contributed by atoms with Crippen LogP contribution in [0.2, 0.25) is 0 Å². The Morgan fingerprint density at radius 2 is 1.80 bits per heavy atom. The third kappa shape index (κ3) is 3.87. The van der Waals surface area contributed by atoms with E-state index in [0.717, 1.165) is 11.8 Å². The molecule has 112 valence electrons. The highest BCUT2D eigenvalue weighted by Gasteiger charge is 2.34. The summed E-state index contributed by atoms with van der Waals surface area (Å²) < 4.78 is 0. The molecule has 3 unspecified atom stereocenters. The van der Waals surface area contributed by atoms with Crippen molar-refractivity contribution in [2.75, 3.05) is 0 Å². The summed E-state index contributed by atoms with van der Waals surface area (Å²) in [7, 11) is 0. The van der Waals surface area contributed by atoms with Gasteiger partial charge in [0, 0.05) is 4.83 Å². The molecule has 0 aliphatic heterocycles. The summed E-state index contributed by atoms with van der Waals surface area (Å²) in [5.74, 6) is 1.66. The van der Waals surface area contributed by atoms with Crippen molar-refractivity contribution in [1.29, 1.82) is 0 Å². The average Bonchev–Trinajstić information content (AvgIpc) is 2.35. The van der Waals surface area contributed by atoms with Crippen molar-refractivity contribution >= 4 is 15.9 Å². The van der Waals surface area contributed by atoms with E-state index in [1.54, 1.807) is 0 Å². The lowest BCUT2D eigenvalue weighted by Gasteiger charge is -2.40. The van der Waals surface area contributed by atoms with E-state index in [0.29, 0.717) is 10.2 Å². The molecule has 1 aliphatic rings. The Bertz CT molecular complexity index is 455. The topological polar surface area (TPSA) is 0 Å². The minimum absolute atomic E-state index is 0.453. The fourth-order valence-electron chi connectivity index (χ4n) is 3.46. The molecule has 0 saturated heterocycles. The highest BCUT2D eigenvalue weighted by molar-refractivity contribution is 9.09. The Hall–Kier alpha value is -0.300. The van der Waals surface area contributed by atoms with Crippen LogP contribution in [0, 0.1) is 31.1 Å². The van der Waals surface area contributed by atoms with Crippen molar-refractivity contribution in [3.8, 4) is 0 Å². The Morgan fingerprint density at radius 3 is 2.40 bits per heavy atom. The first-order chi connectivity index (χ1) is 9.27. The Balaban J connectivity index is 2.08. The van der Waals surface area contributed by atoms with E-state index in [1.807, 2.05) is 0 Å². The van der Waals surface area contributed by atoms with Crippen LogP contribution < -0.4 is 0 Å². The number of alkyl halides is 1. The molecule has 0 spiro atoms. The van der Waals surface area contributed by atoms with E-state index in [2.05, 4.69) is 68.7 Å².